The van der Waals surface area contributed by atoms with E-state index in [-0.39, 0.29) is 35.8 Å². The van der Waals surface area contributed by atoms with Crippen LogP contribution in [0.25, 0.3) is 0 Å². The van der Waals surface area contributed by atoms with Gasteiger partial charge in [0.05, 0.1) is 10.8 Å². The third-order valence-electron chi connectivity index (χ3n) is 4.54. The minimum absolute atomic E-state index is 0. The number of rotatable bonds is 8. The van der Waals surface area contributed by atoms with Crippen LogP contribution in [0, 0.1) is 0 Å². The van der Waals surface area contributed by atoms with Crippen LogP contribution in [0.1, 0.15) is 20.3 Å². The van der Waals surface area contributed by atoms with Crippen LogP contribution in [-0.4, -0.2) is 75.2 Å². The Morgan fingerprint density at radius 1 is 1.43 bits per heavy atom. The highest BCUT2D eigenvalue weighted by Gasteiger charge is 2.25. The lowest BCUT2D eigenvalue weighted by Gasteiger charge is -2.21. The van der Waals surface area contributed by atoms with E-state index < -0.39 is 10.0 Å². The molecule has 1 aliphatic heterocycles. The Morgan fingerprint density at radius 3 is 2.75 bits per heavy atom. The van der Waals surface area contributed by atoms with Crippen LogP contribution in [-0.2, 0) is 10.0 Å². The predicted octanol–water partition coefficient (Wildman–Crippen LogP) is 1.77. The molecule has 1 atom stereocenters. The van der Waals surface area contributed by atoms with E-state index in [1.54, 1.807) is 13.2 Å². The molecule has 0 radical (unpaired) electrons. The number of guanidine groups is 1. The van der Waals surface area contributed by atoms with Gasteiger partial charge in [0.25, 0.3) is 0 Å². The first-order valence-corrected chi connectivity index (χ1v) is 11.2. The summed E-state index contributed by atoms with van der Waals surface area (Å²) < 4.78 is 25.9. The molecular formula is C17H30ClIN6O2S. The Labute approximate surface area is 190 Å². The summed E-state index contributed by atoms with van der Waals surface area (Å²) in [5.41, 5.74) is 0. The van der Waals surface area contributed by atoms with E-state index in [1.807, 2.05) is 26.0 Å². The number of hydrogen-bond acceptors (Lipinski definition) is 5. The molecule has 2 rings (SSSR count). The van der Waals surface area contributed by atoms with Crippen LogP contribution in [0.3, 0.4) is 0 Å². The van der Waals surface area contributed by atoms with Gasteiger partial charge in [0, 0.05) is 52.0 Å². The molecule has 0 bridgehead atoms. The number of hydrogen-bond donors (Lipinski definition) is 2. The number of halogens is 2. The smallest absolute Gasteiger partial charge is 0.215 e. The fraction of sp³-hybridized carbons (Fsp3) is 0.647. The molecule has 2 N–H and O–H groups in total. The SMILES string of the molecule is CCN(CC)S(=O)(=O)CCNC(=NC)NC1CCN(c2ncccc2Cl)C1.I. The summed E-state index contributed by atoms with van der Waals surface area (Å²) >= 11 is 6.22. The van der Waals surface area contributed by atoms with Crippen molar-refractivity contribution >= 4 is 57.4 Å². The average Bonchev–Trinajstić information content (AvgIpc) is 3.10. The summed E-state index contributed by atoms with van der Waals surface area (Å²) in [4.78, 5) is 10.7. The van der Waals surface area contributed by atoms with Crippen molar-refractivity contribution < 1.29 is 8.42 Å². The lowest BCUT2D eigenvalue weighted by atomic mass is 10.3. The van der Waals surface area contributed by atoms with Crippen molar-refractivity contribution in [2.45, 2.75) is 26.3 Å². The van der Waals surface area contributed by atoms with Gasteiger partial charge in [0.2, 0.25) is 10.0 Å². The van der Waals surface area contributed by atoms with E-state index in [1.165, 1.54) is 4.31 Å². The molecular weight excluding hydrogens is 515 g/mol. The Morgan fingerprint density at radius 2 is 2.14 bits per heavy atom. The van der Waals surface area contributed by atoms with Crippen LogP contribution < -0.4 is 15.5 Å². The molecule has 1 unspecified atom stereocenters. The molecule has 0 saturated carbocycles. The van der Waals surface area contributed by atoms with Crippen LogP contribution >= 0.6 is 35.6 Å². The van der Waals surface area contributed by atoms with Crippen LogP contribution in [0.2, 0.25) is 5.02 Å². The van der Waals surface area contributed by atoms with Gasteiger partial charge in [-0.3, -0.25) is 4.99 Å². The standard InChI is InChI=1S/C17H29ClN6O2S.HI/c1-4-24(5-2)27(25,26)12-10-21-17(19-3)22-14-8-11-23(13-14)16-15(18)7-6-9-20-16;/h6-7,9,14H,4-5,8,10-13H2,1-3H3,(H2,19,21,22);1H. The summed E-state index contributed by atoms with van der Waals surface area (Å²) in [7, 11) is -1.57. The number of aliphatic imine (C=N–C) groups is 1. The summed E-state index contributed by atoms with van der Waals surface area (Å²) in [5, 5.41) is 7.08. The molecule has 2 heterocycles. The molecule has 160 valence electrons. The molecule has 1 saturated heterocycles. The van der Waals surface area contributed by atoms with Gasteiger partial charge in [0.1, 0.15) is 5.82 Å². The van der Waals surface area contributed by atoms with Crippen molar-refractivity contribution in [3.8, 4) is 0 Å². The molecule has 1 aromatic rings. The highest BCUT2D eigenvalue weighted by molar-refractivity contribution is 14.0. The second kappa shape index (κ2) is 12.0. The predicted molar refractivity (Wildman–Crippen MR) is 126 cm³/mol. The van der Waals surface area contributed by atoms with Crippen LogP contribution in [0.4, 0.5) is 5.82 Å². The van der Waals surface area contributed by atoms with Crippen LogP contribution in [0.15, 0.2) is 23.3 Å². The van der Waals surface area contributed by atoms with Gasteiger partial charge in [-0.15, -0.1) is 24.0 Å². The zero-order valence-corrected chi connectivity index (χ0v) is 20.5. The number of aromatic nitrogens is 1. The summed E-state index contributed by atoms with van der Waals surface area (Å²) in [6, 6.07) is 3.84. The van der Waals surface area contributed by atoms with Crippen molar-refractivity contribution in [1.29, 1.82) is 0 Å². The number of nitrogens with one attached hydrogen (secondary N) is 2. The van der Waals surface area contributed by atoms with Gasteiger partial charge in [0.15, 0.2) is 5.96 Å². The fourth-order valence-electron chi connectivity index (χ4n) is 3.11. The van der Waals surface area contributed by atoms with E-state index in [0.717, 1.165) is 25.3 Å². The summed E-state index contributed by atoms with van der Waals surface area (Å²) in [6.45, 7) is 6.57. The van der Waals surface area contributed by atoms with Crippen molar-refractivity contribution in [3.05, 3.63) is 23.4 Å². The fourth-order valence-corrected chi connectivity index (χ4v) is 4.76. The van der Waals surface area contributed by atoms with Crippen molar-refractivity contribution in [2.75, 3.05) is 50.4 Å². The lowest BCUT2D eigenvalue weighted by molar-refractivity contribution is 0.445. The van der Waals surface area contributed by atoms with Gasteiger partial charge < -0.3 is 15.5 Å². The molecule has 11 heteroatoms. The quantitative estimate of drug-likeness (QED) is 0.295. The maximum Gasteiger partial charge on any atom is 0.215 e. The van der Waals surface area contributed by atoms with Crippen molar-refractivity contribution in [1.82, 2.24) is 19.9 Å². The number of sulfonamides is 1. The Bertz CT molecular complexity index is 745. The molecule has 1 aliphatic rings. The Hall–Kier alpha value is -0.850. The molecule has 1 aromatic heterocycles. The van der Waals surface area contributed by atoms with Gasteiger partial charge >= 0.3 is 0 Å². The minimum Gasteiger partial charge on any atom is -0.355 e. The highest BCUT2D eigenvalue weighted by atomic mass is 127. The molecule has 0 aliphatic carbocycles. The summed E-state index contributed by atoms with van der Waals surface area (Å²) in [5.74, 6) is 1.43. The third-order valence-corrected chi connectivity index (χ3v) is 6.86. The van der Waals surface area contributed by atoms with Crippen molar-refractivity contribution in [3.63, 3.8) is 0 Å². The van der Waals surface area contributed by atoms with Gasteiger partial charge in [-0.05, 0) is 18.6 Å². The molecule has 0 amide bonds. The largest absolute Gasteiger partial charge is 0.355 e. The summed E-state index contributed by atoms with van der Waals surface area (Å²) in [6.07, 6.45) is 2.66. The van der Waals surface area contributed by atoms with Crippen LogP contribution in [0.5, 0.6) is 0 Å². The average molecular weight is 545 g/mol. The van der Waals surface area contributed by atoms with Gasteiger partial charge in [-0.2, -0.15) is 0 Å². The van der Waals surface area contributed by atoms with E-state index in [0.29, 0.717) is 30.6 Å². The Kier molecular flexibility index (Phi) is 10.8. The maximum atomic E-state index is 12.2. The molecule has 28 heavy (non-hydrogen) atoms. The number of pyridine rings is 1. The topological polar surface area (TPSA) is 89.9 Å². The van der Waals surface area contributed by atoms with Gasteiger partial charge in [-0.25, -0.2) is 17.7 Å². The lowest BCUT2D eigenvalue weighted by Crippen LogP contribution is -2.46. The van der Waals surface area contributed by atoms with Gasteiger partial charge in [-0.1, -0.05) is 25.4 Å². The zero-order valence-electron chi connectivity index (χ0n) is 16.6. The van der Waals surface area contributed by atoms with Crippen molar-refractivity contribution in [2.24, 2.45) is 4.99 Å². The molecule has 1 fully saturated rings. The number of anilines is 1. The van der Waals surface area contributed by atoms with E-state index >= 15 is 0 Å². The zero-order chi connectivity index (χ0) is 19.9. The first kappa shape index (κ1) is 25.2. The first-order chi connectivity index (χ1) is 12.9. The molecule has 8 nitrogen and oxygen atoms in total. The number of nitrogens with zero attached hydrogens (tertiary/aromatic N) is 4. The monoisotopic (exact) mass is 544 g/mol. The van der Waals surface area contributed by atoms with E-state index in [4.69, 9.17) is 11.6 Å². The third kappa shape index (κ3) is 6.89. The minimum atomic E-state index is -3.25. The Balaban J connectivity index is 0.00000392. The first-order valence-electron chi connectivity index (χ1n) is 9.21. The second-order valence-electron chi connectivity index (χ2n) is 6.28. The molecule has 0 aromatic carbocycles. The maximum absolute atomic E-state index is 12.2. The van der Waals surface area contributed by atoms with E-state index in [9.17, 15) is 8.42 Å². The second-order valence-corrected chi connectivity index (χ2v) is 8.78. The highest BCUT2D eigenvalue weighted by Crippen LogP contribution is 2.25. The van der Waals surface area contributed by atoms with E-state index in [2.05, 4.69) is 25.5 Å². The normalized spacial score (nSPS) is 17.5. The molecule has 0 spiro atoms.